The number of amides is 1. The van der Waals surface area contributed by atoms with Gasteiger partial charge in [0.05, 0.1) is 5.69 Å². The Kier molecular flexibility index (Phi) is 6.54. The second-order valence-corrected chi connectivity index (χ2v) is 9.45. The minimum Gasteiger partial charge on any atom is -0.348 e. The zero-order valence-corrected chi connectivity index (χ0v) is 17.5. The Morgan fingerprint density at radius 1 is 1.03 bits per heavy atom. The number of carbonyl (C=O) groups is 1. The molecule has 0 aliphatic rings. The molecule has 5 nitrogen and oxygen atoms in total. The summed E-state index contributed by atoms with van der Waals surface area (Å²) in [5.41, 5.74) is -3.87. The Hall–Kier alpha value is -2.26. The summed E-state index contributed by atoms with van der Waals surface area (Å²) < 4.78 is 61.0. The number of benzene rings is 2. The fraction of sp³-hybridized carbons (Fsp3) is 0.316. The molecule has 2 aromatic carbocycles. The molecule has 29 heavy (non-hydrogen) atoms. The van der Waals surface area contributed by atoms with E-state index in [0.29, 0.717) is 11.1 Å². The molecule has 0 saturated carbocycles. The van der Waals surface area contributed by atoms with Crippen LogP contribution in [0.5, 0.6) is 0 Å². The molecule has 0 spiro atoms. The van der Waals surface area contributed by atoms with Gasteiger partial charge in [0.15, 0.2) is 0 Å². The van der Waals surface area contributed by atoms with Crippen LogP contribution in [0.4, 0.5) is 18.9 Å². The van der Waals surface area contributed by atoms with E-state index in [0.717, 1.165) is 17.7 Å². The second kappa shape index (κ2) is 8.23. The van der Waals surface area contributed by atoms with Crippen LogP contribution in [-0.2, 0) is 22.0 Å². The number of alkyl halides is 3. The highest BCUT2D eigenvalue weighted by molar-refractivity contribution is 7.93. The van der Waals surface area contributed by atoms with Gasteiger partial charge < -0.3 is 5.32 Å². The quantitative estimate of drug-likeness (QED) is 0.688. The van der Waals surface area contributed by atoms with Crippen molar-refractivity contribution < 1.29 is 26.4 Å². The average molecular weight is 449 g/mol. The first-order valence-electron chi connectivity index (χ1n) is 8.47. The van der Waals surface area contributed by atoms with Crippen LogP contribution in [0, 0.1) is 0 Å². The first-order chi connectivity index (χ1) is 13.2. The third kappa shape index (κ3) is 5.86. The molecule has 2 rings (SSSR count). The van der Waals surface area contributed by atoms with Gasteiger partial charge >= 0.3 is 15.5 Å². The molecular weight excluding hydrogens is 429 g/mol. The van der Waals surface area contributed by atoms with E-state index in [9.17, 15) is 26.4 Å². The Labute approximate surface area is 172 Å². The van der Waals surface area contributed by atoms with Crippen LogP contribution >= 0.6 is 11.6 Å². The fourth-order valence-corrected chi connectivity index (χ4v) is 3.17. The number of hydrogen-bond donors (Lipinski definition) is 2. The summed E-state index contributed by atoms with van der Waals surface area (Å²) in [5, 5.41) is 2.67. The molecule has 1 amide bonds. The van der Waals surface area contributed by atoms with E-state index in [4.69, 9.17) is 11.6 Å². The summed E-state index contributed by atoms with van der Waals surface area (Å²) in [7, 11) is -5.53. The van der Waals surface area contributed by atoms with Gasteiger partial charge in [-0.2, -0.15) is 21.6 Å². The predicted molar refractivity (Wildman–Crippen MR) is 106 cm³/mol. The van der Waals surface area contributed by atoms with E-state index in [1.807, 2.05) is 12.1 Å². The number of anilines is 1. The second-order valence-electron chi connectivity index (χ2n) is 7.37. The van der Waals surface area contributed by atoms with Gasteiger partial charge in [0.1, 0.15) is 0 Å². The summed E-state index contributed by atoms with van der Waals surface area (Å²) in [4.78, 5) is 12.3. The van der Waals surface area contributed by atoms with E-state index in [2.05, 4.69) is 26.1 Å². The first kappa shape index (κ1) is 23.0. The van der Waals surface area contributed by atoms with Gasteiger partial charge in [-0.1, -0.05) is 50.6 Å². The molecule has 2 N–H and O–H groups in total. The minimum absolute atomic E-state index is 0.00996. The van der Waals surface area contributed by atoms with Crippen molar-refractivity contribution in [1.82, 2.24) is 5.32 Å². The maximum Gasteiger partial charge on any atom is 0.516 e. The molecule has 0 bridgehead atoms. The molecule has 0 atom stereocenters. The lowest BCUT2D eigenvalue weighted by molar-refractivity contribution is -0.0429. The van der Waals surface area contributed by atoms with E-state index in [1.54, 1.807) is 12.1 Å². The summed E-state index contributed by atoms with van der Waals surface area (Å²) in [6.07, 6.45) is 0. The lowest BCUT2D eigenvalue weighted by Gasteiger charge is -2.19. The minimum atomic E-state index is -5.53. The van der Waals surface area contributed by atoms with Gasteiger partial charge in [0.25, 0.3) is 5.91 Å². The van der Waals surface area contributed by atoms with Gasteiger partial charge in [-0.3, -0.25) is 9.52 Å². The van der Waals surface area contributed by atoms with Gasteiger partial charge in [0, 0.05) is 17.1 Å². The van der Waals surface area contributed by atoms with Crippen LogP contribution < -0.4 is 10.0 Å². The molecule has 0 aliphatic heterocycles. The zero-order chi connectivity index (χ0) is 22.0. The van der Waals surface area contributed by atoms with Crippen LogP contribution in [0.15, 0.2) is 42.5 Å². The molecule has 0 radical (unpaired) electrons. The Bertz CT molecular complexity index is 999. The lowest BCUT2D eigenvalue weighted by atomic mass is 9.87. The molecular formula is C19H20ClF3N2O3S. The van der Waals surface area contributed by atoms with Crippen molar-refractivity contribution in [3.63, 3.8) is 0 Å². The SMILES string of the molecule is CC(C)(C)c1ccc(C(=O)NCc2ccc(NS(=O)(=O)C(F)(F)F)cc2Cl)cc1. The zero-order valence-electron chi connectivity index (χ0n) is 15.9. The lowest BCUT2D eigenvalue weighted by Crippen LogP contribution is -2.29. The molecule has 0 aliphatic carbocycles. The van der Waals surface area contributed by atoms with Crippen molar-refractivity contribution in [2.24, 2.45) is 0 Å². The smallest absolute Gasteiger partial charge is 0.348 e. The largest absolute Gasteiger partial charge is 0.516 e. The topological polar surface area (TPSA) is 75.3 Å². The van der Waals surface area contributed by atoms with Crippen molar-refractivity contribution >= 4 is 33.2 Å². The summed E-state index contributed by atoms with van der Waals surface area (Å²) in [6, 6.07) is 10.6. The molecule has 0 unspecified atom stereocenters. The molecule has 0 fully saturated rings. The summed E-state index contributed by atoms with van der Waals surface area (Å²) >= 11 is 6.01. The van der Waals surface area contributed by atoms with Crippen LogP contribution in [0.25, 0.3) is 0 Å². The predicted octanol–water partition coefficient (Wildman–Crippen LogP) is 4.83. The van der Waals surface area contributed by atoms with Crippen LogP contribution in [0.1, 0.15) is 42.3 Å². The Morgan fingerprint density at radius 3 is 2.10 bits per heavy atom. The summed E-state index contributed by atoms with van der Waals surface area (Å²) in [5.74, 6) is -0.344. The summed E-state index contributed by atoms with van der Waals surface area (Å²) in [6.45, 7) is 6.19. The van der Waals surface area contributed by atoms with E-state index >= 15 is 0 Å². The molecule has 2 aromatic rings. The van der Waals surface area contributed by atoms with E-state index in [-0.39, 0.29) is 28.6 Å². The Morgan fingerprint density at radius 2 is 1.62 bits per heavy atom. The highest BCUT2D eigenvalue weighted by Gasteiger charge is 2.46. The number of nitrogens with one attached hydrogen (secondary N) is 2. The Balaban J connectivity index is 2.05. The third-order valence-corrected chi connectivity index (χ3v) is 5.53. The highest BCUT2D eigenvalue weighted by Crippen LogP contribution is 2.28. The monoisotopic (exact) mass is 448 g/mol. The normalized spacial score (nSPS) is 12.5. The van der Waals surface area contributed by atoms with E-state index in [1.165, 1.54) is 10.8 Å². The van der Waals surface area contributed by atoms with Crippen LogP contribution in [-0.4, -0.2) is 19.8 Å². The molecule has 0 saturated heterocycles. The number of rotatable bonds is 5. The average Bonchev–Trinajstić information content (AvgIpc) is 2.59. The van der Waals surface area contributed by atoms with Crippen molar-refractivity contribution in [1.29, 1.82) is 0 Å². The van der Waals surface area contributed by atoms with Crippen LogP contribution in [0.2, 0.25) is 5.02 Å². The highest BCUT2D eigenvalue weighted by atomic mass is 35.5. The number of carbonyl (C=O) groups excluding carboxylic acids is 1. The maximum absolute atomic E-state index is 12.4. The third-order valence-electron chi connectivity index (χ3n) is 4.06. The number of hydrogen-bond acceptors (Lipinski definition) is 3. The van der Waals surface area contributed by atoms with Gasteiger partial charge in [-0.25, -0.2) is 0 Å². The molecule has 158 valence electrons. The standard InChI is InChI=1S/C19H20ClF3N2O3S/c1-18(2,3)14-7-4-12(5-8-14)17(26)24-11-13-6-9-15(10-16(13)20)25-29(27,28)19(21,22)23/h4-10,25H,11H2,1-3H3,(H,24,26). The maximum atomic E-state index is 12.4. The van der Waals surface area contributed by atoms with Gasteiger partial charge in [-0.05, 0) is 40.8 Å². The van der Waals surface area contributed by atoms with Crippen molar-refractivity contribution in [2.45, 2.75) is 38.2 Å². The van der Waals surface area contributed by atoms with Crippen molar-refractivity contribution in [3.8, 4) is 0 Å². The molecule has 0 aromatic heterocycles. The first-order valence-corrected chi connectivity index (χ1v) is 10.3. The number of halogens is 4. The van der Waals surface area contributed by atoms with Crippen molar-refractivity contribution in [2.75, 3.05) is 4.72 Å². The van der Waals surface area contributed by atoms with E-state index < -0.39 is 15.5 Å². The van der Waals surface area contributed by atoms with Gasteiger partial charge in [0.2, 0.25) is 0 Å². The molecule has 10 heteroatoms. The fourth-order valence-electron chi connectivity index (χ4n) is 2.37. The number of sulfonamides is 1. The van der Waals surface area contributed by atoms with Crippen molar-refractivity contribution in [3.05, 3.63) is 64.2 Å². The molecule has 0 heterocycles. The van der Waals surface area contributed by atoms with Gasteiger partial charge in [-0.15, -0.1) is 0 Å². The van der Waals surface area contributed by atoms with Crippen LogP contribution in [0.3, 0.4) is 0 Å².